The summed E-state index contributed by atoms with van der Waals surface area (Å²) < 4.78 is 45.5. The van der Waals surface area contributed by atoms with Gasteiger partial charge in [-0.1, -0.05) is 23.2 Å². The summed E-state index contributed by atoms with van der Waals surface area (Å²) in [5.41, 5.74) is 3.86. The molecule has 4 N–H and O–H groups in total. The van der Waals surface area contributed by atoms with E-state index in [-0.39, 0.29) is 51.6 Å². The Morgan fingerprint density at radius 1 is 1.15 bits per heavy atom. The van der Waals surface area contributed by atoms with Crippen LogP contribution in [0.4, 0.5) is 30.4 Å². The van der Waals surface area contributed by atoms with E-state index in [0.29, 0.717) is 13.0 Å². The molecule has 3 heterocycles. The van der Waals surface area contributed by atoms with E-state index >= 15 is 0 Å². The minimum Gasteiger partial charge on any atom is -0.384 e. The number of amides is 2. The third kappa shape index (κ3) is 6.83. The van der Waals surface area contributed by atoms with Gasteiger partial charge >= 0.3 is 6.18 Å². The molecule has 0 radical (unpaired) electrons. The Labute approximate surface area is 230 Å². The largest absolute Gasteiger partial charge is 0.418 e. The summed E-state index contributed by atoms with van der Waals surface area (Å²) in [5.74, 6) is -0.797. The molecule has 1 aliphatic heterocycles. The first-order valence-electron chi connectivity index (χ1n) is 11.4. The Hall–Kier alpha value is -3.74. The number of hydrogen-bond donors (Lipinski definition) is 3. The minimum atomic E-state index is -4.63. The van der Waals surface area contributed by atoms with E-state index < -0.39 is 29.0 Å². The molecule has 0 saturated carbocycles. The SMILES string of the molecule is Nc1ccc(C(=O)N=C[C@@]2(C(=O)NCc3ncc(Nc4ccc(Cl)cc4C(F)(F)F)cc3Cl)CCOC2)cn1. The fraction of sp³-hybridized carbons (Fsp3) is 0.240. The van der Waals surface area contributed by atoms with Crippen LogP contribution in [-0.2, 0) is 22.3 Å². The lowest BCUT2D eigenvalue weighted by atomic mass is 9.87. The van der Waals surface area contributed by atoms with Crippen molar-refractivity contribution in [3.8, 4) is 0 Å². The van der Waals surface area contributed by atoms with Crippen molar-refractivity contribution in [3.05, 3.63) is 75.7 Å². The number of hydrogen-bond acceptors (Lipinski definition) is 7. The maximum atomic E-state index is 13.4. The average molecular weight is 581 g/mol. The van der Waals surface area contributed by atoms with E-state index in [9.17, 15) is 22.8 Å². The number of pyridine rings is 2. The van der Waals surface area contributed by atoms with E-state index in [1.54, 1.807) is 0 Å². The highest BCUT2D eigenvalue weighted by molar-refractivity contribution is 6.31. The molecule has 1 saturated heterocycles. The van der Waals surface area contributed by atoms with Crippen molar-refractivity contribution in [1.29, 1.82) is 0 Å². The molecule has 1 fully saturated rings. The molecule has 0 spiro atoms. The zero-order valence-corrected chi connectivity index (χ0v) is 21.6. The predicted molar refractivity (Wildman–Crippen MR) is 140 cm³/mol. The maximum Gasteiger partial charge on any atom is 0.418 e. The maximum absolute atomic E-state index is 13.4. The van der Waals surface area contributed by atoms with Crippen molar-refractivity contribution in [2.45, 2.75) is 19.1 Å². The number of carbonyl (C=O) groups excluding carboxylic acids is 2. The highest BCUT2D eigenvalue weighted by atomic mass is 35.5. The Balaban J connectivity index is 1.44. The highest BCUT2D eigenvalue weighted by Gasteiger charge is 2.41. The van der Waals surface area contributed by atoms with Crippen LogP contribution in [0.2, 0.25) is 10.0 Å². The highest BCUT2D eigenvalue weighted by Crippen LogP contribution is 2.38. The Kier molecular flexibility index (Phi) is 8.38. The molecule has 1 atom stereocenters. The van der Waals surface area contributed by atoms with Crippen LogP contribution < -0.4 is 16.4 Å². The third-order valence-corrected chi connectivity index (χ3v) is 6.43. The summed E-state index contributed by atoms with van der Waals surface area (Å²) in [6, 6.07) is 7.67. The Morgan fingerprint density at radius 2 is 1.95 bits per heavy atom. The first-order chi connectivity index (χ1) is 18.5. The zero-order chi connectivity index (χ0) is 28.2. The van der Waals surface area contributed by atoms with Crippen LogP contribution in [0.5, 0.6) is 0 Å². The first-order valence-corrected chi connectivity index (χ1v) is 12.2. The summed E-state index contributed by atoms with van der Waals surface area (Å²) in [4.78, 5) is 37.4. The van der Waals surface area contributed by atoms with Gasteiger partial charge < -0.3 is 21.1 Å². The zero-order valence-electron chi connectivity index (χ0n) is 20.1. The number of halogens is 5. The van der Waals surface area contributed by atoms with Crippen molar-refractivity contribution in [2.24, 2.45) is 10.4 Å². The van der Waals surface area contributed by atoms with Gasteiger partial charge in [-0.15, -0.1) is 0 Å². The molecule has 9 nitrogen and oxygen atoms in total. The van der Waals surface area contributed by atoms with Crippen LogP contribution in [-0.4, -0.2) is 41.2 Å². The number of anilines is 3. The fourth-order valence-corrected chi connectivity index (χ4v) is 4.13. The van der Waals surface area contributed by atoms with Gasteiger partial charge in [-0.25, -0.2) is 9.98 Å². The molecule has 2 amide bonds. The van der Waals surface area contributed by atoms with Gasteiger partial charge in [-0.3, -0.25) is 14.6 Å². The number of aliphatic imine (C=N–C) groups is 1. The van der Waals surface area contributed by atoms with Crippen LogP contribution in [0.1, 0.15) is 28.0 Å². The van der Waals surface area contributed by atoms with Gasteiger partial charge in [-0.05, 0) is 42.8 Å². The molecule has 0 unspecified atom stereocenters. The molecular formula is C25H21Cl2F3N6O3. The smallest absolute Gasteiger partial charge is 0.384 e. The van der Waals surface area contributed by atoms with Gasteiger partial charge in [0.05, 0.1) is 52.6 Å². The standard InChI is InChI=1S/C25H21Cl2F3N6O3/c26-15-2-3-19(17(7-15)25(28,29)30)36-16-8-18(27)20(32-10-16)11-34-23(38)24(5-6-39-13-24)12-35-22(37)14-1-4-21(31)33-9-14/h1-4,7-10,12,36H,5-6,11,13H2,(H2,31,33)(H,34,38)/t24-/m0/s1. The molecule has 4 rings (SSSR count). The van der Waals surface area contributed by atoms with E-state index in [1.807, 2.05) is 0 Å². The van der Waals surface area contributed by atoms with Gasteiger partial charge in [-0.2, -0.15) is 13.2 Å². The molecule has 0 aliphatic carbocycles. The van der Waals surface area contributed by atoms with Crippen LogP contribution in [0, 0.1) is 5.41 Å². The number of benzene rings is 1. The summed E-state index contributed by atoms with van der Waals surface area (Å²) in [6.45, 7) is 0.224. The Bertz CT molecular complexity index is 1410. The number of alkyl halides is 3. The lowest BCUT2D eigenvalue weighted by molar-refractivity contribution is -0.137. The van der Waals surface area contributed by atoms with Crippen molar-refractivity contribution in [2.75, 3.05) is 24.3 Å². The fourth-order valence-electron chi connectivity index (χ4n) is 3.73. The van der Waals surface area contributed by atoms with Crippen LogP contribution in [0.25, 0.3) is 0 Å². The molecular weight excluding hydrogens is 560 g/mol. The molecule has 1 aliphatic rings. The summed E-state index contributed by atoms with van der Waals surface area (Å²) >= 11 is 12.0. The molecule has 204 valence electrons. The number of carbonyl (C=O) groups is 2. The molecule has 14 heteroatoms. The van der Waals surface area contributed by atoms with E-state index in [0.717, 1.165) is 6.07 Å². The third-order valence-electron chi connectivity index (χ3n) is 5.87. The second-order valence-electron chi connectivity index (χ2n) is 8.64. The number of nitrogens with two attached hydrogens (primary N) is 1. The first kappa shape index (κ1) is 28.3. The average Bonchev–Trinajstić information content (AvgIpc) is 3.38. The topological polar surface area (TPSA) is 132 Å². The van der Waals surface area contributed by atoms with Crippen LogP contribution in [0.3, 0.4) is 0 Å². The number of aromatic nitrogens is 2. The van der Waals surface area contributed by atoms with Gasteiger partial charge in [0.1, 0.15) is 11.2 Å². The van der Waals surface area contributed by atoms with Crippen molar-refractivity contribution >= 4 is 58.4 Å². The monoisotopic (exact) mass is 580 g/mol. The molecule has 2 aromatic heterocycles. The van der Waals surface area contributed by atoms with Gasteiger partial charge in [0.2, 0.25) is 5.91 Å². The lowest BCUT2D eigenvalue weighted by Crippen LogP contribution is -2.42. The van der Waals surface area contributed by atoms with Crippen LogP contribution >= 0.6 is 23.2 Å². The number of rotatable bonds is 7. The molecule has 39 heavy (non-hydrogen) atoms. The van der Waals surface area contributed by atoms with Crippen molar-refractivity contribution in [3.63, 3.8) is 0 Å². The van der Waals surface area contributed by atoms with E-state index in [1.165, 1.54) is 48.9 Å². The second-order valence-corrected chi connectivity index (χ2v) is 9.49. The molecule has 0 bridgehead atoms. The summed E-state index contributed by atoms with van der Waals surface area (Å²) in [5, 5.41) is 5.41. The normalized spacial score (nSPS) is 17.4. The predicted octanol–water partition coefficient (Wildman–Crippen LogP) is 5.06. The van der Waals surface area contributed by atoms with E-state index in [4.69, 9.17) is 33.7 Å². The lowest BCUT2D eigenvalue weighted by Gasteiger charge is -2.21. The van der Waals surface area contributed by atoms with Crippen molar-refractivity contribution < 1.29 is 27.5 Å². The Morgan fingerprint density at radius 3 is 2.59 bits per heavy atom. The molecule has 1 aromatic carbocycles. The number of nitrogens with zero attached hydrogens (tertiary/aromatic N) is 3. The second kappa shape index (κ2) is 11.6. The minimum absolute atomic E-state index is 0.0161. The van der Waals surface area contributed by atoms with Gasteiger partial charge in [0.25, 0.3) is 5.91 Å². The van der Waals surface area contributed by atoms with Crippen LogP contribution in [0.15, 0.2) is 53.8 Å². The number of ether oxygens (including phenoxy) is 1. The van der Waals surface area contributed by atoms with Gasteiger partial charge in [0.15, 0.2) is 0 Å². The summed E-state index contributed by atoms with van der Waals surface area (Å²) in [6.07, 6.45) is -0.496. The number of nitrogens with one attached hydrogen (secondary N) is 2. The van der Waals surface area contributed by atoms with Gasteiger partial charge in [0, 0.05) is 24.0 Å². The van der Waals surface area contributed by atoms with E-state index in [2.05, 4.69) is 25.6 Å². The number of nitrogen functional groups attached to an aromatic ring is 1. The van der Waals surface area contributed by atoms with Crippen molar-refractivity contribution in [1.82, 2.24) is 15.3 Å². The molecule has 3 aromatic rings. The quantitative estimate of drug-likeness (QED) is 0.333. The summed E-state index contributed by atoms with van der Waals surface area (Å²) in [7, 11) is 0.